The van der Waals surface area contributed by atoms with Crippen LogP contribution in [0, 0.1) is 0 Å². The highest BCUT2D eigenvalue weighted by Crippen LogP contribution is 2.10. The lowest BCUT2D eigenvalue weighted by Gasteiger charge is -2.04. The number of aromatic amines is 1. The molecule has 1 aromatic heterocycles. The number of rotatable bonds is 3. The van der Waals surface area contributed by atoms with Crippen LogP contribution in [-0.4, -0.2) is 15.9 Å². The predicted molar refractivity (Wildman–Crippen MR) is 62.4 cm³/mol. The number of carbonyl (C=O) groups is 1. The van der Waals surface area contributed by atoms with E-state index < -0.39 is 0 Å². The zero-order valence-electron chi connectivity index (χ0n) is 9.03. The molecular weight excluding hydrogens is 202 g/mol. The Bertz CT molecular complexity index is 460. The maximum Gasteiger partial charge on any atom is 0.273 e. The third-order valence-electron chi connectivity index (χ3n) is 2.36. The van der Waals surface area contributed by atoms with Crippen molar-refractivity contribution < 1.29 is 4.79 Å². The van der Waals surface area contributed by atoms with E-state index >= 15 is 0 Å². The Kier molecular flexibility index (Phi) is 3.00. The van der Waals surface area contributed by atoms with Crippen molar-refractivity contribution in [3.05, 3.63) is 48.0 Å². The second-order valence-corrected chi connectivity index (χ2v) is 3.47. The van der Waals surface area contributed by atoms with Gasteiger partial charge in [-0.2, -0.15) is 0 Å². The average molecular weight is 215 g/mol. The van der Waals surface area contributed by atoms with E-state index in [-0.39, 0.29) is 5.91 Å². The van der Waals surface area contributed by atoms with Crippen LogP contribution in [-0.2, 0) is 6.42 Å². The summed E-state index contributed by atoms with van der Waals surface area (Å²) < 4.78 is 0. The number of aromatic nitrogens is 2. The molecule has 0 aliphatic carbocycles. The van der Waals surface area contributed by atoms with Crippen LogP contribution in [0.5, 0.6) is 0 Å². The van der Waals surface area contributed by atoms with Crippen LogP contribution in [0.3, 0.4) is 0 Å². The molecule has 0 saturated heterocycles. The lowest BCUT2D eigenvalue weighted by atomic mass is 10.1. The van der Waals surface area contributed by atoms with Crippen LogP contribution in [0.25, 0.3) is 0 Å². The van der Waals surface area contributed by atoms with Gasteiger partial charge in [0.15, 0.2) is 0 Å². The maximum absolute atomic E-state index is 11.6. The number of amides is 1. The topological polar surface area (TPSA) is 57.8 Å². The lowest BCUT2D eigenvalue weighted by Crippen LogP contribution is -2.12. The summed E-state index contributed by atoms with van der Waals surface area (Å²) in [6, 6.07) is 7.80. The Hall–Kier alpha value is -2.10. The number of hydrogen-bond donors (Lipinski definition) is 2. The van der Waals surface area contributed by atoms with Gasteiger partial charge in [-0.05, 0) is 24.1 Å². The largest absolute Gasteiger partial charge is 0.341 e. The van der Waals surface area contributed by atoms with E-state index in [0.717, 1.165) is 12.1 Å². The monoisotopic (exact) mass is 215 g/mol. The Morgan fingerprint density at radius 1 is 1.38 bits per heavy atom. The summed E-state index contributed by atoms with van der Waals surface area (Å²) in [5.74, 6) is -0.179. The molecule has 0 saturated carbocycles. The van der Waals surface area contributed by atoms with Gasteiger partial charge in [-0.3, -0.25) is 4.79 Å². The summed E-state index contributed by atoms with van der Waals surface area (Å²) in [6.45, 7) is 2.10. The molecule has 82 valence electrons. The van der Waals surface area contributed by atoms with Gasteiger partial charge in [-0.25, -0.2) is 4.98 Å². The van der Waals surface area contributed by atoms with Crippen molar-refractivity contribution in [2.24, 2.45) is 0 Å². The Morgan fingerprint density at radius 3 is 2.69 bits per heavy atom. The molecule has 0 atom stereocenters. The molecule has 0 fully saturated rings. The second kappa shape index (κ2) is 4.61. The van der Waals surface area contributed by atoms with Gasteiger partial charge in [0.2, 0.25) is 0 Å². The number of hydrogen-bond acceptors (Lipinski definition) is 2. The van der Waals surface area contributed by atoms with Crippen molar-refractivity contribution in [1.29, 1.82) is 0 Å². The first kappa shape index (κ1) is 10.4. The van der Waals surface area contributed by atoms with Crippen molar-refractivity contribution in [1.82, 2.24) is 9.97 Å². The Labute approximate surface area is 93.7 Å². The van der Waals surface area contributed by atoms with Gasteiger partial charge >= 0.3 is 0 Å². The highest BCUT2D eigenvalue weighted by molar-refractivity contribution is 6.02. The van der Waals surface area contributed by atoms with Crippen molar-refractivity contribution in [2.75, 3.05) is 5.32 Å². The fraction of sp³-hybridized carbons (Fsp3) is 0.167. The smallest absolute Gasteiger partial charge is 0.273 e. The zero-order valence-corrected chi connectivity index (χ0v) is 9.03. The number of nitrogens with zero attached hydrogens (tertiary/aromatic N) is 1. The van der Waals surface area contributed by atoms with Gasteiger partial charge in [-0.1, -0.05) is 19.1 Å². The number of anilines is 1. The fourth-order valence-corrected chi connectivity index (χ4v) is 1.40. The molecule has 0 aliphatic rings. The van der Waals surface area contributed by atoms with E-state index in [0.29, 0.717) is 5.69 Å². The van der Waals surface area contributed by atoms with Crippen molar-refractivity contribution >= 4 is 11.6 Å². The molecule has 0 bridgehead atoms. The van der Waals surface area contributed by atoms with Crippen LogP contribution in [0.2, 0.25) is 0 Å². The minimum Gasteiger partial charge on any atom is -0.341 e. The Morgan fingerprint density at radius 2 is 2.12 bits per heavy atom. The van der Waals surface area contributed by atoms with Crippen LogP contribution < -0.4 is 5.32 Å². The first-order chi connectivity index (χ1) is 7.79. The molecule has 0 spiro atoms. The summed E-state index contributed by atoms with van der Waals surface area (Å²) in [5, 5.41) is 2.79. The van der Waals surface area contributed by atoms with Crippen LogP contribution >= 0.6 is 0 Å². The van der Waals surface area contributed by atoms with Crippen molar-refractivity contribution in [3.63, 3.8) is 0 Å². The fourth-order valence-electron chi connectivity index (χ4n) is 1.40. The predicted octanol–water partition coefficient (Wildman–Crippen LogP) is 2.22. The Balaban J connectivity index is 2.06. The van der Waals surface area contributed by atoms with Gasteiger partial charge in [0, 0.05) is 5.69 Å². The van der Waals surface area contributed by atoms with E-state index in [4.69, 9.17) is 0 Å². The first-order valence-corrected chi connectivity index (χ1v) is 5.18. The quantitative estimate of drug-likeness (QED) is 0.824. The molecule has 0 aliphatic heterocycles. The van der Waals surface area contributed by atoms with Crippen LogP contribution in [0.15, 0.2) is 36.8 Å². The normalized spacial score (nSPS) is 10.1. The molecule has 1 heterocycles. The molecule has 1 amide bonds. The first-order valence-electron chi connectivity index (χ1n) is 5.18. The number of aryl methyl sites for hydroxylation is 1. The standard InChI is InChI=1S/C12H13N3O/c1-2-9-3-5-10(6-4-9)15-12(16)11-7-13-8-14-11/h3-8H,2H2,1H3,(H,13,14)(H,15,16). The van der Waals surface area contributed by atoms with Crippen molar-refractivity contribution in [2.45, 2.75) is 13.3 Å². The molecule has 4 nitrogen and oxygen atoms in total. The van der Waals surface area contributed by atoms with Gasteiger partial charge < -0.3 is 10.3 Å². The molecule has 0 unspecified atom stereocenters. The lowest BCUT2D eigenvalue weighted by molar-refractivity contribution is 0.102. The minimum atomic E-state index is -0.179. The highest BCUT2D eigenvalue weighted by atomic mass is 16.1. The summed E-state index contributed by atoms with van der Waals surface area (Å²) in [7, 11) is 0. The van der Waals surface area contributed by atoms with Crippen LogP contribution in [0.4, 0.5) is 5.69 Å². The van der Waals surface area contributed by atoms with Gasteiger partial charge in [0.05, 0.1) is 12.5 Å². The van der Waals surface area contributed by atoms with Crippen molar-refractivity contribution in [3.8, 4) is 0 Å². The summed E-state index contributed by atoms with van der Waals surface area (Å²) in [6.07, 6.45) is 3.97. The summed E-state index contributed by atoms with van der Waals surface area (Å²) in [5.41, 5.74) is 2.50. The van der Waals surface area contributed by atoms with E-state index in [1.807, 2.05) is 24.3 Å². The third-order valence-corrected chi connectivity index (χ3v) is 2.36. The van der Waals surface area contributed by atoms with Gasteiger partial charge in [0.25, 0.3) is 5.91 Å². The molecule has 1 aromatic carbocycles. The molecule has 0 radical (unpaired) electrons. The number of imidazole rings is 1. The summed E-state index contributed by atoms with van der Waals surface area (Å²) in [4.78, 5) is 18.2. The third kappa shape index (κ3) is 2.28. The molecule has 2 rings (SSSR count). The molecule has 2 N–H and O–H groups in total. The number of benzene rings is 1. The van der Waals surface area contributed by atoms with E-state index in [1.54, 1.807) is 0 Å². The SMILES string of the molecule is CCc1ccc(NC(=O)c2cnc[nH]2)cc1. The average Bonchev–Trinajstić information content (AvgIpc) is 2.83. The summed E-state index contributed by atoms with van der Waals surface area (Å²) >= 11 is 0. The molecule has 2 aromatic rings. The molecule has 4 heteroatoms. The molecular formula is C12H13N3O. The number of carbonyl (C=O) groups excluding carboxylic acids is 1. The zero-order chi connectivity index (χ0) is 11.4. The van der Waals surface area contributed by atoms with E-state index in [1.165, 1.54) is 18.1 Å². The second-order valence-electron chi connectivity index (χ2n) is 3.47. The van der Waals surface area contributed by atoms with E-state index in [2.05, 4.69) is 22.2 Å². The minimum absolute atomic E-state index is 0.179. The van der Waals surface area contributed by atoms with Gasteiger partial charge in [-0.15, -0.1) is 0 Å². The van der Waals surface area contributed by atoms with Crippen LogP contribution in [0.1, 0.15) is 23.0 Å². The number of nitrogens with one attached hydrogen (secondary N) is 2. The number of H-pyrrole nitrogens is 1. The van der Waals surface area contributed by atoms with E-state index in [9.17, 15) is 4.79 Å². The highest BCUT2D eigenvalue weighted by Gasteiger charge is 2.06. The van der Waals surface area contributed by atoms with Gasteiger partial charge in [0.1, 0.15) is 5.69 Å². The maximum atomic E-state index is 11.6. The molecule has 16 heavy (non-hydrogen) atoms.